The quantitative estimate of drug-likeness (QED) is 0.505. The standard InChI is InChI=1S/C21H18BrN5O/c1-14-7-3-5-9-19(14)27-15(2)17(12-24-27)21(28)25-18-8-4-6-10-20(18)26-13-16(22)11-23-26/h3-13H,1-2H3,(H,25,28). The van der Waals surface area contributed by atoms with E-state index in [9.17, 15) is 4.79 Å². The largest absolute Gasteiger partial charge is 0.320 e. The first kappa shape index (κ1) is 18.2. The molecule has 1 N–H and O–H groups in total. The van der Waals surface area contributed by atoms with E-state index in [1.165, 1.54) is 0 Å². The van der Waals surface area contributed by atoms with Gasteiger partial charge in [-0.15, -0.1) is 0 Å². The zero-order valence-electron chi connectivity index (χ0n) is 15.4. The van der Waals surface area contributed by atoms with Gasteiger partial charge in [-0.05, 0) is 53.5 Å². The summed E-state index contributed by atoms with van der Waals surface area (Å²) in [5.41, 5.74) is 4.82. The second kappa shape index (κ2) is 7.44. The minimum Gasteiger partial charge on any atom is -0.320 e. The molecule has 4 rings (SSSR count). The summed E-state index contributed by atoms with van der Waals surface area (Å²) in [5, 5.41) is 11.7. The number of hydrogen-bond acceptors (Lipinski definition) is 3. The molecule has 1 amide bonds. The molecular formula is C21H18BrN5O. The highest BCUT2D eigenvalue weighted by Crippen LogP contribution is 2.23. The lowest BCUT2D eigenvalue weighted by molar-refractivity contribution is 0.102. The highest BCUT2D eigenvalue weighted by atomic mass is 79.9. The SMILES string of the molecule is Cc1ccccc1-n1ncc(C(=O)Nc2ccccc2-n2cc(Br)cn2)c1C. The van der Waals surface area contributed by atoms with Crippen molar-refractivity contribution in [2.45, 2.75) is 13.8 Å². The van der Waals surface area contributed by atoms with Gasteiger partial charge in [0.2, 0.25) is 0 Å². The molecule has 0 fully saturated rings. The van der Waals surface area contributed by atoms with Gasteiger partial charge in [0.15, 0.2) is 0 Å². The van der Waals surface area contributed by atoms with Crippen LogP contribution in [0.2, 0.25) is 0 Å². The molecule has 0 atom stereocenters. The van der Waals surface area contributed by atoms with Crippen molar-refractivity contribution in [2.75, 3.05) is 5.32 Å². The fraction of sp³-hybridized carbons (Fsp3) is 0.0952. The minimum atomic E-state index is -0.212. The summed E-state index contributed by atoms with van der Waals surface area (Å²) in [6.07, 6.45) is 5.14. The molecule has 28 heavy (non-hydrogen) atoms. The smallest absolute Gasteiger partial charge is 0.259 e. The molecule has 140 valence electrons. The number of carbonyl (C=O) groups is 1. The summed E-state index contributed by atoms with van der Waals surface area (Å²) >= 11 is 3.40. The van der Waals surface area contributed by atoms with Crippen molar-refractivity contribution in [3.8, 4) is 11.4 Å². The van der Waals surface area contributed by atoms with E-state index >= 15 is 0 Å². The molecule has 0 saturated carbocycles. The van der Waals surface area contributed by atoms with Crippen LogP contribution in [0.5, 0.6) is 0 Å². The molecule has 2 aromatic carbocycles. The molecule has 0 spiro atoms. The molecule has 4 aromatic rings. The Kier molecular flexibility index (Phi) is 4.83. The first-order chi connectivity index (χ1) is 13.5. The average Bonchev–Trinajstić information content (AvgIpc) is 3.28. The number of benzene rings is 2. The molecular weight excluding hydrogens is 418 g/mol. The fourth-order valence-corrected chi connectivity index (χ4v) is 3.36. The Morgan fingerprint density at radius 1 is 0.964 bits per heavy atom. The average molecular weight is 436 g/mol. The van der Waals surface area contributed by atoms with E-state index in [0.717, 1.165) is 27.1 Å². The summed E-state index contributed by atoms with van der Waals surface area (Å²) in [4.78, 5) is 12.9. The van der Waals surface area contributed by atoms with Gasteiger partial charge in [-0.1, -0.05) is 30.3 Å². The Hall–Kier alpha value is -3.19. The normalized spacial score (nSPS) is 10.8. The molecule has 2 heterocycles. The lowest BCUT2D eigenvalue weighted by Gasteiger charge is -2.11. The maximum Gasteiger partial charge on any atom is 0.259 e. The zero-order valence-corrected chi connectivity index (χ0v) is 17.0. The van der Waals surface area contributed by atoms with Crippen LogP contribution in [0.15, 0.2) is 71.6 Å². The van der Waals surface area contributed by atoms with Crippen LogP contribution in [-0.2, 0) is 0 Å². The Labute approximate surface area is 170 Å². The molecule has 7 heteroatoms. The minimum absolute atomic E-state index is 0.212. The molecule has 0 radical (unpaired) electrons. The number of halogens is 1. The van der Waals surface area contributed by atoms with Crippen molar-refractivity contribution < 1.29 is 4.79 Å². The van der Waals surface area contributed by atoms with Crippen LogP contribution in [0, 0.1) is 13.8 Å². The molecule has 0 saturated heterocycles. The van der Waals surface area contributed by atoms with Crippen LogP contribution in [0.4, 0.5) is 5.69 Å². The Bertz CT molecular complexity index is 1160. The van der Waals surface area contributed by atoms with Crippen LogP contribution in [0.3, 0.4) is 0 Å². The van der Waals surface area contributed by atoms with E-state index in [4.69, 9.17) is 0 Å². The number of carbonyl (C=O) groups excluding carboxylic acids is 1. The third-order valence-electron chi connectivity index (χ3n) is 4.55. The second-order valence-electron chi connectivity index (χ2n) is 6.42. The number of anilines is 1. The predicted molar refractivity (Wildman–Crippen MR) is 112 cm³/mol. The van der Waals surface area contributed by atoms with Gasteiger partial charge >= 0.3 is 0 Å². The van der Waals surface area contributed by atoms with Gasteiger partial charge in [0.25, 0.3) is 5.91 Å². The van der Waals surface area contributed by atoms with Crippen molar-refractivity contribution in [2.24, 2.45) is 0 Å². The van der Waals surface area contributed by atoms with Crippen molar-refractivity contribution >= 4 is 27.5 Å². The third kappa shape index (κ3) is 3.36. The van der Waals surface area contributed by atoms with Crippen LogP contribution in [0.25, 0.3) is 11.4 Å². The second-order valence-corrected chi connectivity index (χ2v) is 7.33. The number of aryl methyl sites for hydroxylation is 1. The Morgan fingerprint density at radius 2 is 1.68 bits per heavy atom. The van der Waals surface area contributed by atoms with Crippen LogP contribution >= 0.6 is 15.9 Å². The van der Waals surface area contributed by atoms with Gasteiger partial charge in [-0.25, -0.2) is 9.36 Å². The molecule has 0 unspecified atom stereocenters. The van der Waals surface area contributed by atoms with E-state index in [1.807, 2.05) is 68.6 Å². The summed E-state index contributed by atoms with van der Waals surface area (Å²) in [5.74, 6) is -0.212. The first-order valence-electron chi connectivity index (χ1n) is 8.76. The van der Waals surface area contributed by atoms with Gasteiger partial charge in [0.05, 0.1) is 45.2 Å². The monoisotopic (exact) mass is 435 g/mol. The van der Waals surface area contributed by atoms with Crippen molar-refractivity contribution in [1.29, 1.82) is 0 Å². The highest BCUT2D eigenvalue weighted by Gasteiger charge is 2.17. The number of rotatable bonds is 4. The molecule has 0 bridgehead atoms. The van der Waals surface area contributed by atoms with Gasteiger partial charge < -0.3 is 5.32 Å². The van der Waals surface area contributed by atoms with E-state index < -0.39 is 0 Å². The summed E-state index contributed by atoms with van der Waals surface area (Å²) in [6, 6.07) is 15.5. The highest BCUT2D eigenvalue weighted by molar-refractivity contribution is 9.10. The zero-order chi connectivity index (χ0) is 19.7. The molecule has 0 aliphatic rings. The molecule has 2 aromatic heterocycles. The van der Waals surface area contributed by atoms with Crippen LogP contribution < -0.4 is 5.32 Å². The number of amides is 1. The molecule has 0 aliphatic heterocycles. The number of nitrogens with zero attached hydrogens (tertiary/aromatic N) is 4. The number of nitrogens with one attached hydrogen (secondary N) is 1. The molecule has 6 nitrogen and oxygen atoms in total. The summed E-state index contributed by atoms with van der Waals surface area (Å²) < 4.78 is 4.37. The maximum absolute atomic E-state index is 12.9. The van der Waals surface area contributed by atoms with Gasteiger partial charge in [-0.3, -0.25) is 4.79 Å². The lowest BCUT2D eigenvalue weighted by Crippen LogP contribution is -2.15. The van der Waals surface area contributed by atoms with E-state index in [1.54, 1.807) is 21.8 Å². The Morgan fingerprint density at radius 3 is 2.39 bits per heavy atom. The molecule has 0 aliphatic carbocycles. The van der Waals surface area contributed by atoms with E-state index in [2.05, 4.69) is 31.4 Å². The summed E-state index contributed by atoms with van der Waals surface area (Å²) in [7, 11) is 0. The van der Waals surface area contributed by atoms with Crippen LogP contribution in [0.1, 0.15) is 21.6 Å². The van der Waals surface area contributed by atoms with Gasteiger partial charge in [0, 0.05) is 6.20 Å². The first-order valence-corrected chi connectivity index (χ1v) is 9.55. The fourth-order valence-electron chi connectivity index (χ4n) is 3.08. The van der Waals surface area contributed by atoms with Crippen molar-refractivity contribution in [1.82, 2.24) is 19.6 Å². The lowest BCUT2D eigenvalue weighted by atomic mass is 10.2. The topological polar surface area (TPSA) is 64.7 Å². The van der Waals surface area contributed by atoms with Crippen LogP contribution in [-0.4, -0.2) is 25.5 Å². The van der Waals surface area contributed by atoms with Gasteiger partial charge in [0.1, 0.15) is 0 Å². The number of aromatic nitrogens is 4. The third-order valence-corrected chi connectivity index (χ3v) is 4.96. The summed E-state index contributed by atoms with van der Waals surface area (Å²) in [6.45, 7) is 3.92. The van der Waals surface area contributed by atoms with E-state index in [0.29, 0.717) is 11.3 Å². The van der Waals surface area contributed by atoms with Gasteiger partial charge in [-0.2, -0.15) is 10.2 Å². The van der Waals surface area contributed by atoms with Crippen molar-refractivity contribution in [3.63, 3.8) is 0 Å². The predicted octanol–water partition coefficient (Wildman–Crippen LogP) is 4.69. The number of para-hydroxylation sites is 3. The van der Waals surface area contributed by atoms with E-state index in [-0.39, 0.29) is 5.91 Å². The maximum atomic E-state index is 12.9. The Balaban J connectivity index is 1.65. The van der Waals surface area contributed by atoms with Crippen molar-refractivity contribution in [3.05, 3.63) is 88.4 Å². The number of hydrogen-bond donors (Lipinski definition) is 1.